The fourth-order valence-corrected chi connectivity index (χ4v) is 11.4. The molecule has 0 saturated carbocycles. The third-order valence-electron chi connectivity index (χ3n) is 14.0. The van der Waals surface area contributed by atoms with Gasteiger partial charge in [-0.2, -0.15) is 0 Å². The summed E-state index contributed by atoms with van der Waals surface area (Å²) in [6.07, 6.45) is 47.1. The molecule has 5 heteroatoms. The highest BCUT2D eigenvalue weighted by Crippen LogP contribution is 2.49. The van der Waals surface area contributed by atoms with Gasteiger partial charge in [-0.25, -0.2) is 10.0 Å². The largest absolute Gasteiger partial charge is 0.462 e. The van der Waals surface area contributed by atoms with Crippen LogP contribution < -0.4 is 0 Å². The van der Waals surface area contributed by atoms with Crippen molar-refractivity contribution in [3.8, 4) is 0 Å². The minimum atomic E-state index is -0.142. The SMILES string of the molecule is CCCCCCCCCCCCCCCCCCOC1CC(C)(C)N(N2C(C)(C)CC(OC(=O)CCCCCCCCCCCCCCCCC)CC2(C)C)C(C)(C)C1. The lowest BCUT2D eigenvalue weighted by Crippen LogP contribution is -2.77. The second kappa shape index (κ2) is 30.4. The summed E-state index contributed by atoms with van der Waals surface area (Å²) in [5.74, 6) is 0.00714. The first-order valence-electron chi connectivity index (χ1n) is 26.6. The van der Waals surface area contributed by atoms with Crippen LogP contribution in [0, 0.1) is 0 Å². The van der Waals surface area contributed by atoms with E-state index in [1.54, 1.807) is 0 Å². The molecule has 350 valence electrons. The molecule has 0 radical (unpaired) electrons. The Balaban J connectivity index is 1.63. The average molecular weight is 831 g/mol. The Hall–Kier alpha value is -0.650. The Morgan fingerprint density at radius 1 is 0.390 bits per heavy atom. The molecular weight excluding hydrogens is 725 g/mol. The molecule has 5 nitrogen and oxygen atoms in total. The van der Waals surface area contributed by atoms with Crippen LogP contribution in [0.4, 0.5) is 0 Å². The Morgan fingerprint density at radius 2 is 0.644 bits per heavy atom. The maximum absolute atomic E-state index is 13.1. The molecule has 0 spiro atoms. The topological polar surface area (TPSA) is 42.0 Å². The van der Waals surface area contributed by atoms with Crippen LogP contribution in [0.5, 0.6) is 0 Å². The molecule has 2 heterocycles. The molecule has 0 unspecified atom stereocenters. The zero-order chi connectivity index (χ0) is 43.5. The number of rotatable bonds is 36. The van der Waals surface area contributed by atoms with E-state index in [0.717, 1.165) is 45.1 Å². The van der Waals surface area contributed by atoms with E-state index in [9.17, 15) is 4.79 Å². The van der Waals surface area contributed by atoms with Crippen molar-refractivity contribution in [2.45, 2.75) is 335 Å². The molecule has 0 amide bonds. The molecule has 0 bridgehead atoms. The number of hydrogen-bond acceptors (Lipinski definition) is 5. The molecule has 59 heavy (non-hydrogen) atoms. The summed E-state index contributed by atoms with van der Waals surface area (Å²) in [6, 6.07) is 0. The Bertz CT molecular complexity index is 1000. The van der Waals surface area contributed by atoms with Gasteiger partial charge in [0.2, 0.25) is 0 Å². The predicted octanol–water partition coefficient (Wildman–Crippen LogP) is 17.0. The second-order valence-electron chi connectivity index (χ2n) is 22.3. The lowest BCUT2D eigenvalue weighted by Gasteiger charge is -2.67. The van der Waals surface area contributed by atoms with E-state index >= 15 is 0 Å². The van der Waals surface area contributed by atoms with Gasteiger partial charge >= 0.3 is 5.97 Å². The first kappa shape index (κ1) is 54.5. The van der Waals surface area contributed by atoms with Crippen molar-refractivity contribution in [3.05, 3.63) is 0 Å². The second-order valence-corrected chi connectivity index (χ2v) is 22.3. The quantitative estimate of drug-likeness (QED) is 0.0465. The van der Waals surface area contributed by atoms with E-state index in [1.165, 1.54) is 186 Å². The molecule has 2 fully saturated rings. The fraction of sp³-hybridized carbons (Fsp3) is 0.981. The van der Waals surface area contributed by atoms with E-state index in [4.69, 9.17) is 9.47 Å². The molecular formula is C54H106N2O3. The molecule has 2 aliphatic heterocycles. The number of esters is 1. The first-order chi connectivity index (χ1) is 28.2. The minimum absolute atomic E-state index is 0.00714. The van der Waals surface area contributed by atoms with Crippen LogP contribution in [0.3, 0.4) is 0 Å². The van der Waals surface area contributed by atoms with Crippen LogP contribution in [0.1, 0.15) is 300 Å². The highest BCUT2D eigenvalue weighted by molar-refractivity contribution is 5.69. The normalized spacial score (nSPS) is 19.7. The Kier molecular flexibility index (Phi) is 28.1. The first-order valence-corrected chi connectivity index (χ1v) is 26.6. The molecule has 2 aliphatic rings. The van der Waals surface area contributed by atoms with Gasteiger partial charge in [-0.05, 0) is 81.1 Å². The van der Waals surface area contributed by atoms with Crippen molar-refractivity contribution in [2.75, 3.05) is 6.61 Å². The number of hydrogen-bond donors (Lipinski definition) is 0. The van der Waals surface area contributed by atoms with Gasteiger partial charge in [0, 0.05) is 48.0 Å². The molecule has 0 aromatic rings. The number of carbonyl (C=O) groups is 1. The number of carbonyl (C=O) groups excluding carboxylic acids is 1. The number of ether oxygens (including phenoxy) is 2. The van der Waals surface area contributed by atoms with Gasteiger partial charge in [0.25, 0.3) is 0 Å². The maximum Gasteiger partial charge on any atom is 0.306 e. The summed E-state index contributed by atoms with van der Waals surface area (Å²) in [6.45, 7) is 24.7. The molecule has 0 atom stereocenters. The zero-order valence-electron chi connectivity index (χ0n) is 41.9. The number of unbranched alkanes of at least 4 members (excludes halogenated alkanes) is 29. The smallest absolute Gasteiger partial charge is 0.306 e. The molecule has 2 rings (SSSR count). The van der Waals surface area contributed by atoms with Crippen LogP contribution in [-0.2, 0) is 14.3 Å². The molecule has 0 aliphatic carbocycles. The van der Waals surface area contributed by atoms with Crippen molar-refractivity contribution >= 4 is 5.97 Å². The van der Waals surface area contributed by atoms with Crippen LogP contribution >= 0.6 is 0 Å². The van der Waals surface area contributed by atoms with Gasteiger partial charge in [-0.1, -0.05) is 200 Å². The van der Waals surface area contributed by atoms with Crippen molar-refractivity contribution in [1.82, 2.24) is 10.0 Å². The number of nitrogens with zero attached hydrogens (tertiary/aromatic N) is 2. The van der Waals surface area contributed by atoms with E-state index in [-0.39, 0.29) is 40.3 Å². The minimum Gasteiger partial charge on any atom is -0.462 e. The van der Waals surface area contributed by atoms with Gasteiger partial charge in [0.15, 0.2) is 0 Å². The summed E-state index contributed by atoms with van der Waals surface area (Å²) in [5.41, 5.74) is -0.381. The van der Waals surface area contributed by atoms with E-state index in [1.807, 2.05) is 0 Å². The van der Waals surface area contributed by atoms with E-state index < -0.39 is 0 Å². The number of hydrazine groups is 1. The van der Waals surface area contributed by atoms with Gasteiger partial charge < -0.3 is 9.47 Å². The van der Waals surface area contributed by atoms with Crippen molar-refractivity contribution < 1.29 is 14.3 Å². The summed E-state index contributed by atoms with van der Waals surface area (Å²) in [5, 5.41) is 5.42. The highest BCUT2D eigenvalue weighted by atomic mass is 16.5. The van der Waals surface area contributed by atoms with Gasteiger partial charge in [0.05, 0.1) is 6.10 Å². The lowest BCUT2D eigenvalue weighted by atomic mass is 9.75. The maximum atomic E-state index is 13.1. The van der Waals surface area contributed by atoms with Crippen LogP contribution in [-0.4, -0.2) is 57.0 Å². The van der Waals surface area contributed by atoms with Crippen molar-refractivity contribution in [2.24, 2.45) is 0 Å². The van der Waals surface area contributed by atoms with E-state index in [2.05, 4.69) is 79.3 Å². The average Bonchev–Trinajstić information content (AvgIpc) is 3.14. The third-order valence-corrected chi connectivity index (χ3v) is 14.0. The Morgan fingerprint density at radius 3 is 0.949 bits per heavy atom. The van der Waals surface area contributed by atoms with Crippen LogP contribution in [0.2, 0.25) is 0 Å². The monoisotopic (exact) mass is 831 g/mol. The van der Waals surface area contributed by atoms with E-state index in [0.29, 0.717) is 6.42 Å². The third kappa shape index (κ3) is 23.0. The van der Waals surface area contributed by atoms with Gasteiger partial charge in [-0.3, -0.25) is 4.79 Å². The zero-order valence-corrected chi connectivity index (χ0v) is 41.9. The fourth-order valence-electron chi connectivity index (χ4n) is 11.4. The van der Waals surface area contributed by atoms with Crippen LogP contribution in [0.25, 0.3) is 0 Å². The van der Waals surface area contributed by atoms with Gasteiger partial charge in [-0.15, -0.1) is 0 Å². The molecule has 0 aromatic carbocycles. The van der Waals surface area contributed by atoms with Crippen LogP contribution in [0.15, 0.2) is 0 Å². The molecule has 0 aromatic heterocycles. The predicted molar refractivity (Wildman–Crippen MR) is 257 cm³/mol. The van der Waals surface area contributed by atoms with Crippen molar-refractivity contribution in [1.29, 1.82) is 0 Å². The molecule has 0 N–H and O–H groups in total. The Labute approximate surface area is 370 Å². The van der Waals surface area contributed by atoms with Gasteiger partial charge in [0.1, 0.15) is 6.10 Å². The summed E-state index contributed by atoms with van der Waals surface area (Å²) in [7, 11) is 0. The van der Waals surface area contributed by atoms with Crippen molar-refractivity contribution in [3.63, 3.8) is 0 Å². The highest BCUT2D eigenvalue weighted by Gasteiger charge is 2.57. The summed E-state index contributed by atoms with van der Waals surface area (Å²) >= 11 is 0. The summed E-state index contributed by atoms with van der Waals surface area (Å²) in [4.78, 5) is 13.1. The standard InChI is InChI=1S/C54H106N2O3/c1-11-13-15-17-19-21-23-25-27-29-31-33-35-37-39-41-43-58-48-44-51(3,4)55(52(5,6)45-48)56-53(7,8)46-49(47-54(56,9)10)59-50(57)42-40-38-36-34-32-30-28-26-24-22-20-18-16-14-12-2/h48-49H,11-47H2,1-10H3. The number of piperidine rings is 2. The lowest BCUT2D eigenvalue weighted by molar-refractivity contribution is -0.294. The molecule has 2 saturated heterocycles. The summed E-state index contributed by atoms with van der Waals surface area (Å²) < 4.78 is 12.9.